The van der Waals surface area contributed by atoms with E-state index in [0.29, 0.717) is 6.42 Å². The minimum atomic E-state index is -0.00245. The number of hydrogen-bond acceptors (Lipinski definition) is 2. The molecule has 1 unspecified atom stereocenters. The first-order chi connectivity index (χ1) is 5.33. The third kappa shape index (κ3) is 2.91. The summed E-state index contributed by atoms with van der Waals surface area (Å²) in [6.07, 6.45) is 6.38. The van der Waals surface area contributed by atoms with Crippen molar-refractivity contribution in [2.24, 2.45) is 0 Å². The molecule has 1 fully saturated rings. The molecule has 0 amide bonds. The maximum atomic E-state index is 10.8. The predicted octanol–water partition coefficient (Wildman–Crippen LogP) is 2.27. The van der Waals surface area contributed by atoms with Gasteiger partial charge < -0.3 is 4.74 Å². The quantitative estimate of drug-likeness (QED) is 0.586. The van der Waals surface area contributed by atoms with Crippen LogP contribution in [-0.4, -0.2) is 12.1 Å². The first-order valence-corrected chi connectivity index (χ1v) is 4.52. The lowest BCUT2D eigenvalue weighted by molar-refractivity contribution is -0.154. The van der Waals surface area contributed by atoms with Crippen molar-refractivity contribution in [3.63, 3.8) is 0 Å². The number of rotatable bonds is 3. The van der Waals surface area contributed by atoms with Gasteiger partial charge in [-0.25, -0.2) is 0 Å². The van der Waals surface area contributed by atoms with Gasteiger partial charge in [0.1, 0.15) is 6.10 Å². The third-order valence-electron chi connectivity index (χ3n) is 2.08. The minimum absolute atomic E-state index is 0.00245. The van der Waals surface area contributed by atoms with Crippen molar-refractivity contribution in [3.8, 4) is 0 Å². The van der Waals surface area contributed by atoms with E-state index in [2.05, 4.69) is 6.92 Å². The highest BCUT2D eigenvalue weighted by Gasteiger charge is 2.18. The number of carbonyl (C=O) groups excluding carboxylic acids is 1. The summed E-state index contributed by atoms with van der Waals surface area (Å²) in [5, 5.41) is 0. The average Bonchev–Trinajstić information content (AvgIpc) is 2.01. The van der Waals surface area contributed by atoms with E-state index < -0.39 is 0 Å². The van der Waals surface area contributed by atoms with E-state index in [1.54, 1.807) is 0 Å². The zero-order valence-electron chi connectivity index (χ0n) is 7.14. The molecule has 2 heteroatoms. The molecule has 0 aliphatic carbocycles. The second kappa shape index (κ2) is 4.37. The van der Waals surface area contributed by atoms with Gasteiger partial charge in [-0.1, -0.05) is 19.8 Å². The molecule has 1 atom stereocenters. The van der Waals surface area contributed by atoms with E-state index in [0.717, 1.165) is 19.3 Å². The van der Waals surface area contributed by atoms with Crippen LogP contribution in [0.5, 0.6) is 0 Å². The van der Waals surface area contributed by atoms with Crippen LogP contribution in [0.1, 0.15) is 45.4 Å². The standard InChI is InChI=1S/C9H16O2/c1-2-3-5-8-6-4-7-9(10)11-8/h8H,2-7H2,1H3. The van der Waals surface area contributed by atoms with Gasteiger partial charge in [-0.05, 0) is 19.3 Å². The van der Waals surface area contributed by atoms with E-state index in [9.17, 15) is 4.79 Å². The average molecular weight is 156 g/mol. The van der Waals surface area contributed by atoms with Crippen molar-refractivity contribution in [1.29, 1.82) is 0 Å². The van der Waals surface area contributed by atoms with Gasteiger partial charge in [-0.3, -0.25) is 4.79 Å². The minimum Gasteiger partial charge on any atom is -0.462 e. The lowest BCUT2D eigenvalue weighted by atomic mass is 10.0. The number of carbonyl (C=O) groups is 1. The molecule has 0 aromatic heterocycles. The molecular weight excluding hydrogens is 140 g/mol. The van der Waals surface area contributed by atoms with Crippen molar-refractivity contribution in [1.82, 2.24) is 0 Å². The highest BCUT2D eigenvalue weighted by atomic mass is 16.5. The first kappa shape index (κ1) is 8.57. The van der Waals surface area contributed by atoms with Crippen molar-refractivity contribution in [2.75, 3.05) is 0 Å². The largest absolute Gasteiger partial charge is 0.462 e. The molecule has 0 saturated carbocycles. The fraction of sp³-hybridized carbons (Fsp3) is 0.889. The summed E-state index contributed by atoms with van der Waals surface area (Å²) in [6, 6.07) is 0. The van der Waals surface area contributed by atoms with E-state index in [4.69, 9.17) is 4.74 Å². The van der Waals surface area contributed by atoms with Crippen LogP contribution < -0.4 is 0 Å². The van der Waals surface area contributed by atoms with Gasteiger partial charge in [0.25, 0.3) is 0 Å². The van der Waals surface area contributed by atoms with Gasteiger partial charge in [0.05, 0.1) is 0 Å². The first-order valence-electron chi connectivity index (χ1n) is 4.52. The number of unbranched alkanes of at least 4 members (excludes halogenated alkanes) is 1. The molecule has 1 aliphatic heterocycles. The summed E-state index contributed by atoms with van der Waals surface area (Å²) < 4.78 is 5.15. The van der Waals surface area contributed by atoms with Crippen LogP contribution in [0.15, 0.2) is 0 Å². The van der Waals surface area contributed by atoms with Gasteiger partial charge in [0.2, 0.25) is 0 Å². The van der Waals surface area contributed by atoms with Crippen LogP contribution in [0.4, 0.5) is 0 Å². The zero-order valence-corrected chi connectivity index (χ0v) is 7.14. The molecule has 0 N–H and O–H groups in total. The maximum absolute atomic E-state index is 10.8. The summed E-state index contributed by atoms with van der Waals surface area (Å²) in [7, 11) is 0. The monoisotopic (exact) mass is 156 g/mol. The van der Waals surface area contributed by atoms with Crippen LogP contribution in [0.2, 0.25) is 0 Å². The van der Waals surface area contributed by atoms with Crippen LogP contribution in [0.25, 0.3) is 0 Å². The Kier molecular flexibility index (Phi) is 3.40. The molecule has 0 radical (unpaired) electrons. The molecule has 0 spiro atoms. The van der Waals surface area contributed by atoms with Crippen molar-refractivity contribution < 1.29 is 9.53 Å². The molecule has 0 bridgehead atoms. The lowest BCUT2D eigenvalue weighted by Crippen LogP contribution is -2.23. The van der Waals surface area contributed by atoms with Gasteiger partial charge in [-0.2, -0.15) is 0 Å². The fourth-order valence-electron chi connectivity index (χ4n) is 1.41. The summed E-state index contributed by atoms with van der Waals surface area (Å²) >= 11 is 0. The Morgan fingerprint density at radius 2 is 2.45 bits per heavy atom. The molecule has 0 aromatic rings. The molecule has 1 aliphatic rings. The summed E-state index contributed by atoms with van der Waals surface area (Å²) in [5.41, 5.74) is 0. The Morgan fingerprint density at radius 1 is 1.64 bits per heavy atom. The van der Waals surface area contributed by atoms with Gasteiger partial charge >= 0.3 is 5.97 Å². The third-order valence-corrected chi connectivity index (χ3v) is 2.08. The SMILES string of the molecule is CCCCC1CCCC(=O)O1. The molecule has 11 heavy (non-hydrogen) atoms. The Morgan fingerprint density at radius 3 is 3.09 bits per heavy atom. The maximum Gasteiger partial charge on any atom is 0.306 e. The Hall–Kier alpha value is -0.530. The normalized spacial score (nSPS) is 24.8. The number of cyclic esters (lactones) is 1. The smallest absolute Gasteiger partial charge is 0.306 e. The number of esters is 1. The van der Waals surface area contributed by atoms with Gasteiger partial charge in [0, 0.05) is 6.42 Å². The molecule has 1 heterocycles. The second-order valence-corrected chi connectivity index (χ2v) is 3.15. The summed E-state index contributed by atoms with van der Waals surface area (Å²) in [4.78, 5) is 10.8. The lowest BCUT2D eigenvalue weighted by Gasteiger charge is -2.21. The van der Waals surface area contributed by atoms with Crippen LogP contribution in [0, 0.1) is 0 Å². The van der Waals surface area contributed by atoms with E-state index in [-0.39, 0.29) is 12.1 Å². The molecule has 0 aromatic carbocycles. The van der Waals surface area contributed by atoms with E-state index >= 15 is 0 Å². The summed E-state index contributed by atoms with van der Waals surface area (Å²) in [5.74, 6) is -0.00245. The Labute approximate surface area is 67.9 Å². The summed E-state index contributed by atoms with van der Waals surface area (Å²) in [6.45, 7) is 2.16. The molecule has 2 nitrogen and oxygen atoms in total. The zero-order chi connectivity index (χ0) is 8.10. The predicted molar refractivity (Wildman–Crippen MR) is 43.3 cm³/mol. The van der Waals surface area contributed by atoms with Crippen LogP contribution >= 0.6 is 0 Å². The van der Waals surface area contributed by atoms with Crippen LogP contribution in [0.3, 0.4) is 0 Å². The number of ether oxygens (including phenoxy) is 1. The topological polar surface area (TPSA) is 26.3 Å². The fourth-order valence-corrected chi connectivity index (χ4v) is 1.41. The second-order valence-electron chi connectivity index (χ2n) is 3.15. The van der Waals surface area contributed by atoms with Gasteiger partial charge in [0.15, 0.2) is 0 Å². The highest BCUT2D eigenvalue weighted by Crippen LogP contribution is 2.18. The van der Waals surface area contributed by atoms with Crippen LogP contribution in [-0.2, 0) is 9.53 Å². The molecule has 1 saturated heterocycles. The molecular formula is C9H16O2. The number of hydrogen-bond donors (Lipinski definition) is 0. The van der Waals surface area contributed by atoms with Crippen molar-refractivity contribution in [2.45, 2.75) is 51.6 Å². The molecule has 64 valence electrons. The van der Waals surface area contributed by atoms with Gasteiger partial charge in [-0.15, -0.1) is 0 Å². The highest BCUT2D eigenvalue weighted by molar-refractivity contribution is 5.70. The Bertz CT molecular complexity index is 132. The van der Waals surface area contributed by atoms with Crippen molar-refractivity contribution >= 4 is 5.97 Å². The molecule has 1 rings (SSSR count). The van der Waals surface area contributed by atoms with Crippen molar-refractivity contribution in [3.05, 3.63) is 0 Å². The Balaban J connectivity index is 2.17. The van der Waals surface area contributed by atoms with E-state index in [1.165, 1.54) is 12.8 Å². The van der Waals surface area contributed by atoms with E-state index in [1.807, 2.05) is 0 Å².